The van der Waals surface area contributed by atoms with Crippen LogP contribution in [0.1, 0.15) is 105 Å². The van der Waals surface area contributed by atoms with Crippen molar-refractivity contribution in [3.8, 4) is 0 Å². The van der Waals surface area contributed by atoms with Crippen molar-refractivity contribution >= 4 is 47.0 Å². The predicted octanol–water partition coefficient (Wildman–Crippen LogP) is -2.02. The minimum absolute atomic E-state index is 0. The Morgan fingerprint density at radius 3 is 0.579 bits per heavy atom. The first-order valence-corrected chi connectivity index (χ1v) is 11.5. The van der Waals surface area contributed by atoms with E-state index in [1.807, 2.05) is 27.7 Å². The van der Waals surface area contributed by atoms with Gasteiger partial charge in [0.15, 0.2) is 0 Å². The Bertz CT molecular complexity index is 601. The van der Waals surface area contributed by atoms with E-state index in [-0.39, 0.29) is 66.6 Å². The fourth-order valence-electron chi connectivity index (χ4n) is 2.11. The third-order valence-electron chi connectivity index (χ3n) is 3.48. The maximum atomic E-state index is 10.4. The van der Waals surface area contributed by atoms with Crippen LogP contribution < -0.4 is 20.4 Å². The van der Waals surface area contributed by atoms with Gasteiger partial charge >= 0.3 is 43.4 Å². The molecule has 0 heterocycles. The van der Waals surface area contributed by atoms with Gasteiger partial charge in [-0.3, -0.25) is 19.2 Å². The number of carboxylic acid groups (broad SMARTS) is 4. The molecule has 0 radical (unpaired) electrons. The van der Waals surface area contributed by atoms with E-state index in [9.17, 15) is 58.8 Å². The zero-order chi connectivity index (χ0) is 29.1. The standard InChI is InChI=1S/4C6H10O3.2Ti/c4*1-2-3-5(7)4-6(8)9;;/h4*2-4H2,1H3,(H,8,9);;/q;;;;2*+4/p-4. The molecule has 12 nitrogen and oxygen atoms in total. The van der Waals surface area contributed by atoms with Crippen LogP contribution >= 0.6 is 0 Å². The monoisotopic (exact) mass is 612 g/mol. The molecule has 0 aliphatic heterocycles. The van der Waals surface area contributed by atoms with E-state index in [2.05, 4.69) is 0 Å². The van der Waals surface area contributed by atoms with Gasteiger partial charge < -0.3 is 39.6 Å². The minimum Gasteiger partial charge on any atom is -0.550 e. The van der Waals surface area contributed by atoms with Gasteiger partial charge in [0.2, 0.25) is 0 Å². The van der Waals surface area contributed by atoms with E-state index in [4.69, 9.17) is 0 Å². The molecule has 0 aromatic rings. The van der Waals surface area contributed by atoms with Gasteiger partial charge in [-0.2, -0.15) is 0 Å². The second-order valence-corrected chi connectivity index (χ2v) is 7.35. The summed E-state index contributed by atoms with van der Waals surface area (Å²) in [7, 11) is 0. The number of carbonyl (C=O) groups is 8. The molecule has 0 saturated heterocycles. The quantitative estimate of drug-likeness (QED) is 0.136. The molecule has 0 N–H and O–H groups in total. The fourth-order valence-corrected chi connectivity index (χ4v) is 2.11. The molecule has 0 saturated carbocycles. The van der Waals surface area contributed by atoms with Crippen LogP contribution in [-0.2, 0) is 81.8 Å². The van der Waals surface area contributed by atoms with Crippen molar-refractivity contribution in [2.24, 2.45) is 0 Å². The molecule has 0 rings (SSSR count). The molecule has 0 amide bonds. The Morgan fingerprint density at radius 1 is 0.368 bits per heavy atom. The summed E-state index contributed by atoms with van der Waals surface area (Å²) < 4.78 is 0. The molecule has 14 heteroatoms. The number of hydrogen-bond donors (Lipinski definition) is 0. The summed E-state index contributed by atoms with van der Waals surface area (Å²) in [4.78, 5) is 80.7. The van der Waals surface area contributed by atoms with Crippen LogP contribution in [0.5, 0.6) is 0 Å². The smallest absolute Gasteiger partial charge is 0.550 e. The number of hydrogen-bond acceptors (Lipinski definition) is 12. The molecule has 0 aromatic carbocycles. The summed E-state index contributed by atoms with van der Waals surface area (Å²) in [6.07, 6.45) is 2.42. The van der Waals surface area contributed by atoms with E-state index in [0.29, 0.717) is 51.4 Å². The number of rotatable bonds is 16. The van der Waals surface area contributed by atoms with Crippen molar-refractivity contribution in [3.05, 3.63) is 0 Å². The molecule has 0 aliphatic carbocycles. The second-order valence-electron chi connectivity index (χ2n) is 7.35. The van der Waals surface area contributed by atoms with E-state index < -0.39 is 49.6 Å². The van der Waals surface area contributed by atoms with E-state index >= 15 is 0 Å². The van der Waals surface area contributed by atoms with Gasteiger partial charge in [-0.05, 0) is 25.7 Å². The maximum Gasteiger partial charge on any atom is 4.00 e. The normalized spacial score (nSPS) is 8.53. The van der Waals surface area contributed by atoms with Crippen LogP contribution in [0.2, 0.25) is 0 Å². The SMILES string of the molecule is CCCC(=O)CC(=O)[O-].CCCC(=O)CC(=O)[O-].CCCC(=O)CC(=O)[O-].CCCC(=O)CC(=O)[O-].[Ti+4].[Ti+4]. The predicted molar refractivity (Wildman–Crippen MR) is 118 cm³/mol. The van der Waals surface area contributed by atoms with Crippen LogP contribution in [0, 0.1) is 0 Å². The summed E-state index contributed by atoms with van der Waals surface area (Å²) in [5, 5.41) is 39.0. The van der Waals surface area contributed by atoms with Crippen molar-refractivity contribution in [3.63, 3.8) is 0 Å². The van der Waals surface area contributed by atoms with Gasteiger partial charge in [0.1, 0.15) is 23.1 Å². The third-order valence-corrected chi connectivity index (χ3v) is 3.48. The van der Waals surface area contributed by atoms with Crippen LogP contribution in [0.25, 0.3) is 0 Å². The number of carbonyl (C=O) groups excluding carboxylic acids is 8. The van der Waals surface area contributed by atoms with Gasteiger partial charge in [-0.25, -0.2) is 0 Å². The first-order chi connectivity index (χ1) is 16.7. The topological polar surface area (TPSA) is 229 Å². The van der Waals surface area contributed by atoms with Gasteiger partial charge in [-0.1, -0.05) is 27.7 Å². The number of Topliss-reactive ketones (excluding diaryl/α,β-unsaturated/α-hetero) is 4. The number of aliphatic carboxylic acids is 4. The fraction of sp³-hybridized carbons (Fsp3) is 0.667. The van der Waals surface area contributed by atoms with Gasteiger partial charge in [0, 0.05) is 75.2 Å². The molecule has 0 aliphatic rings. The van der Waals surface area contributed by atoms with Gasteiger partial charge in [0.25, 0.3) is 0 Å². The van der Waals surface area contributed by atoms with E-state index in [1.165, 1.54) is 0 Å². The molecule has 0 fully saturated rings. The van der Waals surface area contributed by atoms with Crippen molar-refractivity contribution < 1.29 is 102 Å². The van der Waals surface area contributed by atoms with Crippen molar-refractivity contribution in [2.75, 3.05) is 0 Å². The molecule has 0 atom stereocenters. The average Bonchev–Trinajstić information content (AvgIpc) is 2.68. The first-order valence-electron chi connectivity index (χ1n) is 11.5. The van der Waals surface area contributed by atoms with Crippen LogP contribution in [0.4, 0.5) is 0 Å². The molecule has 0 bridgehead atoms. The van der Waals surface area contributed by atoms with E-state index in [0.717, 1.165) is 0 Å². The Morgan fingerprint density at radius 2 is 0.500 bits per heavy atom. The van der Waals surface area contributed by atoms with Crippen molar-refractivity contribution in [1.82, 2.24) is 0 Å². The summed E-state index contributed by atoms with van der Waals surface area (Å²) in [6, 6.07) is 0. The second kappa shape index (κ2) is 35.0. The molecule has 208 valence electrons. The maximum absolute atomic E-state index is 10.4. The van der Waals surface area contributed by atoms with Crippen molar-refractivity contribution in [1.29, 1.82) is 0 Å². The molecule has 0 spiro atoms. The number of ketones is 4. The molecular formula is C24H36O12Ti2+4. The van der Waals surface area contributed by atoms with Gasteiger partial charge in [0.05, 0.1) is 0 Å². The summed E-state index contributed by atoms with van der Waals surface area (Å²) in [5.74, 6) is -6.14. The Balaban J connectivity index is -0.0000000883. The van der Waals surface area contributed by atoms with Crippen LogP contribution in [-0.4, -0.2) is 47.0 Å². The number of carboxylic acids is 4. The minimum atomic E-state index is -1.28. The third kappa shape index (κ3) is 54.8. The zero-order valence-corrected chi connectivity index (χ0v) is 25.5. The summed E-state index contributed by atoms with van der Waals surface area (Å²) in [6.45, 7) is 7.31. The van der Waals surface area contributed by atoms with Crippen LogP contribution in [0.15, 0.2) is 0 Å². The van der Waals surface area contributed by atoms with E-state index in [1.54, 1.807) is 0 Å². The Labute approximate surface area is 253 Å². The van der Waals surface area contributed by atoms with Crippen molar-refractivity contribution in [2.45, 2.75) is 105 Å². The van der Waals surface area contributed by atoms with Gasteiger partial charge in [-0.15, -0.1) is 0 Å². The molecule has 38 heavy (non-hydrogen) atoms. The average molecular weight is 612 g/mol. The summed E-state index contributed by atoms with van der Waals surface area (Å²) in [5.41, 5.74) is 0. The first kappa shape index (κ1) is 49.0. The molecule has 0 unspecified atom stereocenters. The molecule has 0 aromatic heterocycles. The zero-order valence-electron chi connectivity index (χ0n) is 22.4. The Kier molecular flexibility index (Phi) is 45.1. The largest absolute Gasteiger partial charge is 4.00 e. The summed E-state index contributed by atoms with van der Waals surface area (Å²) >= 11 is 0. The van der Waals surface area contributed by atoms with Crippen LogP contribution in [0.3, 0.4) is 0 Å². The Hall–Kier alpha value is -2.01. The molecular weight excluding hydrogens is 576 g/mol.